The Kier molecular flexibility index (Phi) is 6.98. The minimum absolute atomic E-state index is 0.0565. The van der Waals surface area contributed by atoms with Gasteiger partial charge >= 0.3 is 0 Å². The zero-order valence-electron chi connectivity index (χ0n) is 11.7. The van der Waals surface area contributed by atoms with Gasteiger partial charge in [0, 0.05) is 25.8 Å². The average molecular weight is 254 g/mol. The Balaban J connectivity index is 2.44. The van der Waals surface area contributed by atoms with Gasteiger partial charge in [0.15, 0.2) is 0 Å². The average Bonchev–Trinajstić information content (AvgIpc) is 2.39. The van der Waals surface area contributed by atoms with Crippen LogP contribution >= 0.6 is 0 Å². The molecular formula is C14H26N2O2. The third-order valence-electron chi connectivity index (χ3n) is 3.48. The predicted molar refractivity (Wildman–Crippen MR) is 73.5 cm³/mol. The van der Waals surface area contributed by atoms with E-state index < -0.39 is 0 Å². The van der Waals surface area contributed by atoms with Gasteiger partial charge in [0.25, 0.3) is 0 Å². The number of rotatable bonds is 7. The number of hydrogen-bond acceptors (Lipinski definition) is 3. The van der Waals surface area contributed by atoms with Crippen LogP contribution < -0.4 is 0 Å². The van der Waals surface area contributed by atoms with E-state index in [0.29, 0.717) is 6.04 Å². The summed E-state index contributed by atoms with van der Waals surface area (Å²) >= 11 is 0. The van der Waals surface area contributed by atoms with Crippen LogP contribution in [0.2, 0.25) is 0 Å². The fraction of sp³-hybridized carbons (Fsp3) is 0.786. The summed E-state index contributed by atoms with van der Waals surface area (Å²) in [5.74, 6) is 0.0565. The van der Waals surface area contributed by atoms with Crippen LogP contribution in [-0.4, -0.2) is 61.6 Å². The molecule has 0 saturated carbocycles. The zero-order chi connectivity index (χ0) is 13.4. The Morgan fingerprint density at radius 3 is 2.72 bits per heavy atom. The lowest BCUT2D eigenvalue weighted by Crippen LogP contribution is -2.46. The fourth-order valence-electron chi connectivity index (χ4n) is 2.38. The van der Waals surface area contributed by atoms with Crippen LogP contribution in [0, 0.1) is 0 Å². The van der Waals surface area contributed by atoms with Crippen LogP contribution in [0.25, 0.3) is 0 Å². The lowest BCUT2D eigenvalue weighted by molar-refractivity contribution is -0.129. The number of ether oxygens (including phenoxy) is 1. The molecule has 1 saturated heterocycles. The molecular weight excluding hydrogens is 228 g/mol. The molecule has 0 aliphatic carbocycles. The smallest absolute Gasteiger partial charge is 0.246 e. The summed E-state index contributed by atoms with van der Waals surface area (Å²) < 4.78 is 5.33. The Labute approximate surface area is 111 Å². The highest BCUT2D eigenvalue weighted by Gasteiger charge is 2.25. The van der Waals surface area contributed by atoms with Crippen molar-refractivity contribution in [1.82, 2.24) is 9.80 Å². The molecule has 1 rings (SSSR count). The molecule has 1 aliphatic rings. The summed E-state index contributed by atoms with van der Waals surface area (Å²) in [5, 5.41) is 0. The van der Waals surface area contributed by atoms with Gasteiger partial charge in [-0.3, -0.25) is 4.79 Å². The summed E-state index contributed by atoms with van der Waals surface area (Å²) in [6, 6.07) is 0.369. The summed E-state index contributed by atoms with van der Waals surface area (Å²) in [6.45, 7) is 9.97. The molecule has 104 valence electrons. The number of carbonyl (C=O) groups excluding carboxylic acids is 1. The van der Waals surface area contributed by atoms with Gasteiger partial charge in [-0.1, -0.05) is 6.58 Å². The number of nitrogens with zero attached hydrogens (tertiary/aromatic N) is 2. The van der Waals surface area contributed by atoms with Crippen LogP contribution in [-0.2, 0) is 9.53 Å². The van der Waals surface area contributed by atoms with Crippen molar-refractivity contribution in [3.05, 3.63) is 12.7 Å². The lowest BCUT2D eigenvalue weighted by atomic mass is 10.0. The van der Waals surface area contributed by atoms with E-state index in [0.717, 1.165) is 52.1 Å². The summed E-state index contributed by atoms with van der Waals surface area (Å²) in [4.78, 5) is 16.2. The second kappa shape index (κ2) is 8.27. The van der Waals surface area contributed by atoms with E-state index in [9.17, 15) is 4.79 Å². The van der Waals surface area contributed by atoms with Gasteiger partial charge < -0.3 is 14.5 Å². The van der Waals surface area contributed by atoms with E-state index >= 15 is 0 Å². The van der Waals surface area contributed by atoms with Crippen LogP contribution in [0.3, 0.4) is 0 Å². The van der Waals surface area contributed by atoms with E-state index in [1.807, 2.05) is 11.8 Å². The number of likely N-dealkylation sites (tertiary alicyclic amines) is 1. The molecule has 0 aromatic carbocycles. The van der Waals surface area contributed by atoms with Gasteiger partial charge in [-0.15, -0.1) is 0 Å². The topological polar surface area (TPSA) is 32.8 Å². The maximum Gasteiger partial charge on any atom is 0.246 e. The first-order chi connectivity index (χ1) is 8.69. The van der Waals surface area contributed by atoms with Crippen molar-refractivity contribution in [2.75, 3.05) is 39.9 Å². The Hall–Kier alpha value is -0.870. The number of amides is 1. The van der Waals surface area contributed by atoms with E-state index in [4.69, 9.17) is 4.74 Å². The van der Waals surface area contributed by atoms with Crippen molar-refractivity contribution < 1.29 is 9.53 Å². The summed E-state index contributed by atoms with van der Waals surface area (Å²) in [5.41, 5.74) is 0. The molecule has 4 nitrogen and oxygen atoms in total. The van der Waals surface area contributed by atoms with Gasteiger partial charge in [-0.2, -0.15) is 0 Å². The molecule has 18 heavy (non-hydrogen) atoms. The molecule has 1 heterocycles. The van der Waals surface area contributed by atoms with Crippen molar-refractivity contribution in [2.45, 2.75) is 32.2 Å². The minimum atomic E-state index is 0.0565. The quantitative estimate of drug-likeness (QED) is 0.510. The number of carbonyl (C=O) groups is 1. The zero-order valence-corrected chi connectivity index (χ0v) is 11.7. The largest absolute Gasteiger partial charge is 0.382 e. The first-order valence-corrected chi connectivity index (χ1v) is 6.88. The second-order valence-electron chi connectivity index (χ2n) is 4.82. The van der Waals surface area contributed by atoms with E-state index in [1.54, 1.807) is 0 Å². The highest BCUT2D eigenvalue weighted by atomic mass is 16.5. The molecule has 0 aromatic rings. The number of piperidine rings is 1. The van der Waals surface area contributed by atoms with Crippen LogP contribution in [0.5, 0.6) is 0 Å². The fourth-order valence-corrected chi connectivity index (χ4v) is 2.38. The molecule has 0 unspecified atom stereocenters. The Morgan fingerprint density at radius 1 is 1.50 bits per heavy atom. The first kappa shape index (κ1) is 15.2. The summed E-state index contributed by atoms with van der Waals surface area (Å²) in [7, 11) is 2.13. The van der Waals surface area contributed by atoms with E-state index in [-0.39, 0.29) is 5.91 Å². The third-order valence-corrected chi connectivity index (χ3v) is 3.48. The third kappa shape index (κ3) is 4.78. The van der Waals surface area contributed by atoms with Gasteiger partial charge in [0.1, 0.15) is 0 Å². The van der Waals surface area contributed by atoms with E-state index in [1.165, 1.54) is 6.08 Å². The first-order valence-electron chi connectivity index (χ1n) is 6.88. The maximum atomic E-state index is 11.9. The normalized spacial score (nSPS) is 17.7. The maximum absolute atomic E-state index is 11.9. The predicted octanol–water partition coefficient (Wildman–Crippen LogP) is 1.52. The monoisotopic (exact) mass is 254 g/mol. The standard InChI is InChI=1S/C14H26N2O2/c1-4-14(17)16(9-6-12-18-5-2)13-7-10-15(3)11-8-13/h4,13H,1,5-12H2,2-3H3. The molecule has 0 aromatic heterocycles. The number of hydrogen-bond donors (Lipinski definition) is 0. The second-order valence-corrected chi connectivity index (χ2v) is 4.82. The molecule has 0 bridgehead atoms. The van der Waals surface area contributed by atoms with Gasteiger partial charge in [-0.25, -0.2) is 0 Å². The molecule has 1 fully saturated rings. The molecule has 0 spiro atoms. The summed E-state index contributed by atoms with van der Waals surface area (Å²) in [6.07, 6.45) is 4.45. The van der Waals surface area contributed by atoms with Gasteiger partial charge in [0.05, 0.1) is 0 Å². The van der Waals surface area contributed by atoms with Crippen molar-refractivity contribution in [2.24, 2.45) is 0 Å². The Bertz CT molecular complexity index is 261. The lowest BCUT2D eigenvalue weighted by Gasteiger charge is -2.37. The van der Waals surface area contributed by atoms with Crippen molar-refractivity contribution >= 4 is 5.91 Å². The molecule has 1 amide bonds. The molecule has 0 N–H and O–H groups in total. The highest BCUT2D eigenvalue weighted by molar-refractivity contribution is 5.87. The Morgan fingerprint density at radius 2 is 2.17 bits per heavy atom. The van der Waals surface area contributed by atoms with Crippen LogP contribution in [0.1, 0.15) is 26.2 Å². The minimum Gasteiger partial charge on any atom is -0.382 e. The van der Waals surface area contributed by atoms with Gasteiger partial charge in [-0.05, 0) is 52.4 Å². The molecule has 0 atom stereocenters. The SMILES string of the molecule is C=CC(=O)N(CCCOCC)C1CCN(C)CC1. The van der Waals surface area contributed by atoms with Crippen molar-refractivity contribution in [3.8, 4) is 0 Å². The van der Waals surface area contributed by atoms with Crippen LogP contribution in [0.4, 0.5) is 0 Å². The molecule has 0 radical (unpaired) electrons. The van der Waals surface area contributed by atoms with E-state index in [2.05, 4.69) is 18.5 Å². The van der Waals surface area contributed by atoms with Gasteiger partial charge in [0.2, 0.25) is 5.91 Å². The highest BCUT2D eigenvalue weighted by Crippen LogP contribution is 2.16. The molecule has 1 aliphatic heterocycles. The van der Waals surface area contributed by atoms with Crippen molar-refractivity contribution in [1.29, 1.82) is 0 Å². The molecule has 4 heteroatoms. The van der Waals surface area contributed by atoms with Crippen molar-refractivity contribution in [3.63, 3.8) is 0 Å². The van der Waals surface area contributed by atoms with Crippen LogP contribution in [0.15, 0.2) is 12.7 Å².